The van der Waals surface area contributed by atoms with Crippen LogP contribution in [0.2, 0.25) is 5.02 Å². The molecular formula is C17H24ClFN6S. The number of anilines is 1. The fraction of sp³-hybridized carbons (Fsp3) is 0.471. The van der Waals surface area contributed by atoms with Crippen molar-refractivity contribution >= 4 is 35.4 Å². The summed E-state index contributed by atoms with van der Waals surface area (Å²) in [5.41, 5.74) is 13.2. The van der Waals surface area contributed by atoms with Gasteiger partial charge in [-0.2, -0.15) is 0 Å². The molecule has 0 radical (unpaired) electrons. The molecule has 26 heavy (non-hydrogen) atoms. The van der Waals surface area contributed by atoms with E-state index in [4.69, 9.17) is 23.1 Å². The Kier molecular flexibility index (Phi) is 6.09. The summed E-state index contributed by atoms with van der Waals surface area (Å²) in [6, 6.07) is 4.51. The summed E-state index contributed by atoms with van der Waals surface area (Å²) in [5.74, 6) is 0.365. The number of aliphatic imine (C=N–C) groups is 1. The largest absolute Gasteiger partial charge is 0.330 e. The number of nitrogens with zero attached hydrogens (tertiary/aromatic N) is 4. The van der Waals surface area contributed by atoms with Crippen molar-refractivity contribution in [1.29, 1.82) is 0 Å². The second-order valence-electron chi connectivity index (χ2n) is 6.11. The van der Waals surface area contributed by atoms with Crippen molar-refractivity contribution in [2.45, 2.75) is 25.5 Å². The second kappa shape index (κ2) is 8.14. The summed E-state index contributed by atoms with van der Waals surface area (Å²) in [5, 5.41) is 0.0551. The minimum absolute atomic E-state index is 0.0551. The molecule has 0 spiro atoms. The van der Waals surface area contributed by atoms with E-state index in [1.807, 2.05) is 0 Å². The van der Waals surface area contributed by atoms with E-state index in [2.05, 4.69) is 28.6 Å². The quantitative estimate of drug-likeness (QED) is 0.766. The molecule has 3 rings (SSSR count). The van der Waals surface area contributed by atoms with Crippen molar-refractivity contribution in [3.05, 3.63) is 39.8 Å². The lowest BCUT2D eigenvalue weighted by molar-refractivity contribution is 0.240. The van der Waals surface area contributed by atoms with Crippen LogP contribution in [0.3, 0.4) is 0 Å². The van der Waals surface area contributed by atoms with E-state index in [0.29, 0.717) is 5.69 Å². The number of benzene rings is 1. The van der Waals surface area contributed by atoms with Gasteiger partial charge in [0.15, 0.2) is 0 Å². The van der Waals surface area contributed by atoms with Crippen LogP contribution in [0.1, 0.15) is 13.8 Å². The van der Waals surface area contributed by atoms with Crippen molar-refractivity contribution in [2.24, 2.45) is 16.5 Å². The van der Waals surface area contributed by atoms with Crippen LogP contribution in [-0.4, -0.2) is 54.0 Å². The second-order valence-corrected chi connectivity index (χ2v) is 7.68. The van der Waals surface area contributed by atoms with Gasteiger partial charge in [0.1, 0.15) is 23.3 Å². The van der Waals surface area contributed by atoms with Gasteiger partial charge in [0.05, 0.1) is 16.3 Å². The van der Waals surface area contributed by atoms with Gasteiger partial charge < -0.3 is 26.2 Å². The molecule has 2 aliphatic rings. The van der Waals surface area contributed by atoms with E-state index < -0.39 is 12.0 Å². The SMILES string of the molecule is CCN(CC)CCN1C2=C(SC1N)C(N)N(c1ccc(F)c(Cl)c1)C=N2. The number of halogens is 2. The Hall–Kier alpha value is -1.32. The van der Waals surface area contributed by atoms with E-state index in [1.54, 1.807) is 23.4 Å². The summed E-state index contributed by atoms with van der Waals surface area (Å²) < 4.78 is 13.4. The molecular weight excluding hydrogens is 375 g/mol. The smallest absolute Gasteiger partial charge is 0.145 e. The number of hydrogen-bond donors (Lipinski definition) is 2. The average Bonchev–Trinajstić information content (AvgIpc) is 2.95. The molecule has 0 saturated carbocycles. The van der Waals surface area contributed by atoms with E-state index in [0.717, 1.165) is 36.9 Å². The van der Waals surface area contributed by atoms with Crippen molar-refractivity contribution in [3.8, 4) is 0 Å². The minimum Gasteiger partial charge on any atom is -0.330 e. The summed E-state index contributed by atoms with van der Waals surface area (Å²) in [7, 11) is 0. The van der Waals surface area contributed by atoms with Crippen LogP contribution in [0, 0.1) is 5.82 Å². The standard InChI is InChI=1S/C17H24ClFN6S/c1-3-23(4-2)7-8-24-16-14(26-17(24)21)15(20)25(10-22-16)11-5-6-13(19)12(18)9-11/h5-6,9-10,15,17H,3-4,7-8,20-21H2,1-2H3. The minimum atomic E-state index is -0.460. The average molecular weight is 399 g/mol. The summed E-state index contributed by atoms with van der Waals surface area (Å²) in [6.45, 7) is 8.00. The molecule has 1 aromatic rings. The van der Waals surface area contributed by atoms with Crippen LogP contribution in [0.25, 0.3) is 0 Å². The third-order valence-corrected chi connectivity index (χ3v) is 6.14. The number of likely N-dealkylation sites (N-methyl/N-ethyl adjacent to an activating group) is 1. The lowest BCUT2D eigenvalue weighted by Gasteiger charge is -2.32. The monoisotopic (exact) mass is 398 g/mol. The van der Waals surface area contributed by atoms with Crippen LogP contribution in [0.5, 0.6) is 0 Å². The van der Waals surface area contributed by atoms with Gasteiger partial charge in [-0.1, -0.05) is 37.2 Å². The van der Waals surface area contributed by atoms with Gasteiger partial charge in [0.2, 0.25) is 0 Å². The molecule has 1 aromatic carbocycles. The maximum absolute atomic E-state index is 13.4. The summed E-state index contributed by atoms with van der Waals surface area (Å²) in [4.78, 5) is 11.7. The number of nitrogens with two attached hydrogens (primary N) is 2. The third-order valence-electron chi connectivity index (χ3n) is 4.67. The predicted octanol–water partition coefficient (Wildman–Crippen LogP) is 2.41. The molecule has 4 N–H and O–H groups in total. The van der Waals surface area contributed by atoms with Gasteiger partial charge in [-0.15, -0.1) is 0 Å². The molecule has 0 fully saturated rings. The zero-order valence-electron chi connectivity index (χ0n) is 14.9. The van der Waals surface area contributed by atoms with Crippen LogP contribution in [-0.2, 0) is 0 Å². The maximum atomic E-state index is 13.4. The van der Waals surface area contributed by atoms with Crippen LogP contribution < -0.4 is 16.4 Å². The Morgan fingerprint density at radius 1 is 1.31 bits per heavy atom. The Morgan fingerprint density at radius 2 is 2.04 bits per heavy atom. The van der Waals surface area contributed by atoms with E-state index in [-0.39, 0.29) is 10.5 Å². The molecule has 142 valence electrons. The van der Waals surface area contributed by atoms with Gasteiger partial charge in [-0.25, -0.2) is 9.38 Å². The first-order valence-corrected chi connectivity index (χ1v) is 9.90. The molecule has 6 nitrogen and oxygen atoms in total. The fourth-order valence-corrected chi connectivity index (χ4v) is 4.35. The topological polar surface area (TPSA) is 74.1 Å². The molecule has 2 atom stereocenters. The highest BCUT2D eigenvalue weighted by molar-refractivity contribution is 8.03. The van der Waals surface area contributed by atoms with Crippen molar-refractivity contribution < 1.29 is 4.39 Å². The highest BCUT2D eigenvalue weighted by atomic mass is 35.5. The first-order chi connectivity index (χ1) is 12.5. The van der Waals surface area contributed by atoms with Gasteiger partial charge in [-0.3, -0.25) is 0 Å². The molecule has 0 saturated heterocycles. The Morgan fingerprint density at radius 3 is 2.69 bits per heavy atom. The van der Waals surface area contributed by atoms with Crippen molar-refractivity contribution in [1.82, 2.24) is 9.80 Å². The lowest BCUT2D eigenvalue weighted by Crippen LogP contribution is -2.45. The molecule has 0 aliphatic carbocycles. The predicted molar refractivity (Wildman–Crippen MR) is 107 cm³/mol. The van der Waals surface area contributed by atoms with E-state index >= 15 is 0 Å². The van der Waals surface area contributed by atoms with Crippen LogP contribution in [0.4, 0.5) is 10.1 Å². The zero-order valence-corrected chi connectivity index (χ0v) is 16.5. The lowest BCUT2D eigenvalue weighted by atomic mass is 10.2. The Labute approximate surface area is 162 Å². The highest BCUT2D eigenvalue weighted by Crippen LogP contribution is 2.41. The molecule has 2 unspecified atom stereocenters. The van der Waals surface area contributed by atoms with Crippen LogP contribution in [0.15, 0.2) is 33.9 Å². The van der Waals surface area contributed by atoms with Gasteiger partial charge in [-0.05, 0) is 31.3 Å². The summed E-state index contributed by atoms with van der Waals surface area (Å²) in [6.07, 6.45) is 1.23. The van der Waals surface area contributed by atoms with Gasteiger partial charge in [0, 0.05) is 18.8 Å². The number of rotatable bonds is 6. The third kappa shape index (κ3) is 3.70. The van der Waals surface area contributed by atoms with E-state index in [1.165, 1.54) is 17.8 Å². The first-order valence-electron chi connectivity index (χ1n) is 8.64. The summed E-state index contributed by atoms with van der Waals surface area (Å²) >= 11 is 7.42. The molecule has 2 heterocycles. The molecule has 9 heteroatoms. The van der Waals surface area contributed by atoms with Crippen molar-refractivity contribution in [2.75, 3.05) is 31.1 Å². The Balaban J connectivity index is 1.78. The Bertz CT molecular complexity index is 723. The molecule has 2 aliphatic heterocycles. The highest BCUT2D eigenvalue weighted by Gasteiger charge is 2.37. The normalized spacial score (nSPS) is 22.6. The van der Waals surface area contributed by atoms with E-state index in [9.17, 15) is 4.39 Å². The van der Waals surface area contributed by atoms with Gasteiger partial charge in [0.25, 0.3) is 0 Å². The zero-order chi connectivity index (χ0) is 18.8. The van der Waals surface area contributed by atoms with Crippen LogP contribution >= 0.6 is 23.4 Å². The number of thioether (sulfide) groups is 1. The molecule has 0 amide bonds. The molecule has 0 aromatic heterocycles. The molecule has 0 bridgehead atoms. The first kappa shape index (κ1) is 19.4. The fourth-order valence-electron chi connectivity index (χ4n) is 3.06. The number of hydrogen-bond acceptors (Lipinski definition) is 7. The maximum Gasteiger partial charge on any atom is 0.145 e. The van der Waals surface area contributed by atoms with Gasteiger partial charge >= 0.3 is 0 Å². The van der Waals surface area contributed by atoms with Crippen molar-refractivity contribution in [3.63, 3.8) is 0 Å².